The van der Waals surface area contributed by atoms with E-state index in [2.05, 4.69) is 5.32 Å². The summed E-state index contributed by atoms with van der Waals surface area (Å²) in [5.74, 6) is 1.24. The molecule has 0 aromatic carbocycles. The van der Waals surface area contributed by atoms with Crippen LogP contribution < -0.4 is 5.32 Å². The predicted molar refractivity (Wildman–Crippen MR) is 86.9 cm³/mol. The number of hydrogen-bond acceptors (Lipinski definition) is 3. The predicted octanol–water partition coefficient (Wildman–Crippen LogP) is 3.05. The molecule has 1 heterocycles. The van der Waals surface area contributed by atoms with Crippen LogP contribution in [0.4, 0.5) is 0 Å². The lowest BCUT2D eigenvalue weighted by Crippen LogP contribution is -2.41. The Balaban J connectivity index is 2.72. The van der Waals surface area contributed by atoms with Crippen molar-refractivity contribution in [3.05, 3.63) is 23.2 Å². The number of carbonyl (C=O) groups is 2. The van der Waals surface area contributed by atoms with Crippen LogP contribution in [0.3, 0.4) is 0 Å². The van der Waals surface area contributed by atoms with Crippen LogP contribution in [0.1, 0.15) is 62.4 Å². The van der Waals surface area contributed by atoms with E-state index in [1.165, 1.54) is 0 Å². The number of aryl methyl sites for hydroxylation is 2. The van der Waals surface area contributed by atoms with Crippen molar-refractivity contribution >= 4 is 11.8 Å². The molecule has 1 atom stereocenters. The maximum atomic E-state index is 12.6. The molecule has 22 heavy (non-hydrogen) atoms. The van der Waals surface area contributed by atoms with Gasteiger partial charge in [-0.05, 0) is 47.1 Å². The minimum Gasteiger partial charge on any atom is -0.466 e. The Hall–Kier alpha value is -1.78. The molecule has 1 rings (SSSR count). The Kier molecular flexibility index (Phi) is 6.65. The van der Waals surface area contributed by atoms with E-state index in [1.54, 1.807) is 17.9 Å². The van der Waals surface area contributed by atoms with Gasteiger partial charge in [0.2, 0.25) is 5.91 Å². The Morgan fingerprint density at radius 2 is 1.91 bits per heavy atom. The monoisotopic (exact) mass is 308 g/mol. The lowest BCUT2D eigenvalue weighted by Gasteiger charge is -2.26. The molecule has 2 amide bonds. The van der Waals surface area contributed by atoms with E-state index in [-0.39, 0.29) is 23.9 Å². The molecule has 0 aliphatic carbocycles. The van der Waals surface area contributed by atoms with Gasteiger partial charge in [0, 0.05) is 25.0 Å². The van der Waals surface area contributed by atoms with Gasteiger partial charge < -0.3 is 14.6 Å². The Labute approximate surface area is 133 Å². The van der Waals surface area contributed by atoms with Crippen LogP contribution in [0.15, 0.2) is 10.5 Å². The van der Waals surface area contributed by atoms with Crippen LogP contribution in [0.2, 0.25) is 0 Å². The fourth-order valence-electron chi connectivity index (χ4n) is 2.26. The number of carbonyl (C=O) groups excluding carboxylic acids is 2. The second-order valence-corrected chi connectivity index (χ2v) is 6.05. The molecule has 1 aromatic heterocycles. The minimum absolute atomic E-state index is 0.0205. The zero-order valence-electron chi connectivity index (χ0n) is 14.5. The molecule has 0 saturated carbocycles. The van der Waals surface area contributed by atoms with E-state index in [4.69, 9.17) is 4.42 Å². The van der Waals surface area contributed by atoms with E-state index in [0.717, 1.165) is 12.2 Å². The van der Waals surface area contributed by atoms with E-state index >= 15 is 0 Å². The van der Waals surface area contributed by atoms with E-state index < -0.39 is 0 Å². The summed E-state index contributed by atoms with van der Waals surface area (Å²) in [5, 5.41) is 2.92. The zero-order valence-corrected chi connectivity index (χ0v) is 14.5. The SMILES string of the molecule is CCC(C)NC(=O)CCN(C(=O)c1cc(C)oc1C)C(C)C. The first-order valence-corrected chi connectivity index (χ1v) is 7.93. The lowest BCUT2D eigenvalue weighted by atomic mass is 10.1. The molecule has 5 nitrogen and oxygen atoms in total. The number of hydrogen-bond donors (Lipinski definition) is 1. The lowest BCUT2D eigenvalue weighted by molar-refractivity contribution is -0.121. The van der Waals surface area contributed by atoms with Crippen LogP contribution in [-0.4, -0.2) is 35.3 Å². The van der Waals surface area contributed by atoms with Crippen molar-refractivity contribution < 1.29 is 14.0 Å². The van der Waals surface area contributed by atoms with Crippen LogP contribution in [0.25, 0.3) is 0 Å². The Bertz CT molecular complexity index is 520. The molecule has 5 heteroatoms. The highest BCUT2D eigenvalue weighted by molar-refractivity contribution is 5.95. The summed E-state index contributed by atoms with van der Waals surface area (Å²) in [5.41, 5.74) is 0.577. The molecule has 124 valence electrons. The minimum atomic E-state index is -0.0827. The van der Waals surface area contributed by atoms with Crippen molar-refractivity contribution in [2.24, 2.45) is 0 Å². The normalized spacial score (nSPS) is 12.3. The highest BCUT2D eigenvalue weighted by Crippen LogP contribution is 2.17. The second-order valence-electron chi connectivity index (χ2n) is 6.05. The first-order valence-electron chi connectivity index (χ1n) is 7.93. The van der Waals surface area contributed by atoms with Gasteiger partial charge in [0.25, 0.3) is 5.91 Å². The topological polar surface area (TPSA) is 62.6 Å². The van der Waals surface area contributed by atoms with Crippen molar-refractivity contribution in [3.8, 4) is 0 Å². The van der Waals surface area contributed by atoms with Crippen LogP contribution in [0.5, 0.6) is 0 Å². The number of amides is 2. The molecule has 0 aliphatic heterocycles. The van der Waals surface area contributed by atoms with Gasteiger partial charge in [-0.1, -0.05) is 6.92 Å². The van der Waals surface area contributed by atoms with Crippen LogP contribution in [-0.2, 0) is 4.79 Å². The average molecular weight is 308 g/mol. The van der Waals surface area contributed by atoms with Gasteiger partial charge in [-0.2, -0.15) is 0 Å². The van der Waals surface area contributed by atoms with Gasteiger partial charge in [0.1, 0.15) is 11.5 Å². The van der Waals surface area contributed by atoms with Gasteiger partial charge >= 0.3 is 0 Å². The third-order valence-corrected chi connectivity index (χ3v) is 3.76. The van der Waals surface area contributed by atoms with Crippen molar-refractivity contribution in [1.82, 2.24) is 10.2 Å². The highest BCUT2D eigenvalue weighted by atomic mass is 16.3. The van der Waals surface area contributed by atoms with Crippen LogP contribution >= 0.6 is 0 Å². The maximum Gasteiger partial charge on any atom is 0.257 e. The van der Waals surface area contributed by atoms with Gasteiger partial charge in [-0.3, -0.25) is 9.59 Å². The largest absolute Gasteiger partial charge is 0.466 e. The van der Waals surface area contributed by atoms with Crippen molar-refractivity contribution in [3.63, 3.8) is 0 Å². The molecule has 0 spiro atoms. The number of nitrogens with zero attached hydrogens (tertiary/aromatic N) is 1. The summed E-state index contributed by atoms with van der Waals surface area (Å²) in [6, 6.07) is 1.94. The Morgan fingerprint density at radius 1 is 1.27 bits per heavy atom. The first kappa shape index (κ1) is 18.3. The molecular weight excluding hydrogens is 280 g/mol. The first-order chi connectivity index (χ1) is 10.3. The van der Waals surface area contributed by atoms with Gasteiger partial charge in [-0.15, -0.1) is 0 Å². The molecule has 0 aliphatic rings. The summed E-state index contributed by atoms with van der Waals surface area (Å²) in [6.07, 6.45) is 1.20. The fourth-order valence-corrected chi connectivity index (χ4v) is 2.26. The summed E-state index contributed by atoms with van der Waals surface area (Å²) in [6.45, 7) is 11.9. The highest BCUT2D eigenvalue weighted by Gasteiger charge is 2.23. The van der Waals surface area contributed by atoms with Crippen molar-refractivity contribution in [2.45, 2.75) is 66.5 Å². The fraction of sp³-hybridized carbons (Fsp3) is 0.647. The van der Waals surface area contributed by atoms with Gasteiger partial charge in [-0.25, -0.2) is 0 Å². The van der Waals surface area contributed by atoms with E-state index in [0.29, 0.717) is 24.3 Å². The molecule has 0 fully saturated rings. The summed E-state index contributed by atoms with van der Waals surface area (Å²) in [7, 11) is 0. The molecule has 1 N–H and O–H groups in total. The van der Waals surface area contributed by atoms with Crippen LogP contribution in [0, 0.1) is 13.8 Å². The molecule has 0 radical (unpaired) electrons. The van der Waals surface area contributed by atoms with Crippen molar-refractivity contribution in [2.75, 3.05) is 6.54 Å². The number of furan rings is 1. The molecule has 1 aromatic rings. The molecular formula is C17H28N2O3. The molecule has 0 saturated heterocycles. The van der Waals surface area contributed by atoms with Gasteiger partial charge in [0.15, 0.2) is 0 Å². The summed E-state index contributed by atoms with van der Waals surface area (Å²) < 4.78 is 5.43. The third-order valence-electron chi connectivity index (χ3n) is 3.76. The van der Waals surface area contributed by atoms with E-state index in [9.17, 15) is 9.59 Å². The quantitative estimate of drug-likeness (QED) is 0.842. The smallest absolute Gasteiger partial charge is 0.257 e. The number of nitrogens with one attached hydrogen (secondary N) is 1. The summed E-state index contributed by atoms with van der Waals surface area (Å²) in [4.78, 5) is 26.3. The standard InChI is InChI=1S/C17H28N2O3/c1-7-12(4)18-16(20)8-9-19(11(2)3)17(21)15-10-13(5)22-14(15)6/h10-12H,7-9H2,1-6H3,(H,18,20). The van der Waals surface area contributed by atoms with Gasteiger partial charge in [0.05, 0.1) is 5.56 Å². The second kappa shape index (κ2) is 8.01. The van der Waals surface area contributed by atoms with E-state index in [1.807, 2.05) is 34.6 Å². The van der Waals surface area contributed by atoms with Crippen molar-refractivity contribution in [1.29, 1.82) is 0 Å². The molecule has 0 bridgehead atoms. The third kappa shape index (κ3) is 4.90. The average Bonchev–Trinajstić information content (AvgIpc) is 2.77. The number of rotatable bonds is 7. The Morgan fingerprint density at radius 3 is 2.36 bits per heavy atom. The maximum absolute atomic E-state index is 12.6. The molecule has 1 unspecified atom stereocenters. The zero-order chi connectivity index (χ0) is 16.9. The summed E-state index contributed by atoms with van der Waals surface area (Å²) >= 11 is 0.